The van der Waals surface area contributed by atoms with Crippen LogP contribution in [0.2, 0.25) is 0 Å². The lowest BCUT2D eigenvalue weighted by molar-refractivity contribution is 0.293. The van der Waals surface area contributed by atoms with E-state index < -0.39 is 0 Å². The Morgan fingerprint density at radius 2 is 2.14 bits per heavy atom. The maximum Gasteiger partial charge on any atom is 0.128 e. The van der Waals surface area contributed by atoms with Crippen LogP contribution in [0.3, 0.4) is 0 Å². The summed E-state index contributed by atoms with van der Waals surface area (Å²) in [4.78, 5) is 0. The number of ether oxygens (including phenoxy) is 1. The first-order valence-electron chi connectivity index (χ1n) is 4.32. The monoisotopic (exact) mass is 192 g/mol. The first-order valence-corrected chi connectivity index (χ1v) is 4.32. The summed E-state index contributed by atoms with van der Waals surface area (Å²) in [5.41, 5.74) is 6.69. The Labute approximate surface area is 82.3 Å². The van der Waals surface area contributed by atoms with Crippen molar-refractivity contribution in [3.8, 4) is 5.75 Å². The van der Waals surface area contributed by atoms with E-state index in [9.17, 15) is 0 Å². The fourth-order valence-corrected chi connectivity index (χ4v) is 1.23. The Morgan fingerprint density at radius 1 is 1.36 bits per heavy atom. The Bertz CT molecular complexity index is 322. The molecule has 0 spiro atoms. The SMILES string of the molecule is COc1ccc(CN2C=NNN2)cc1. The first-order chi connectivity index (χ1) is 6.88. The van der Waals surface area contributed by atoms with E-state index in [1.165, 1.54) is 5.56 Å². The second-order valence-electron chi connectivity index (χ2n) is 2.94. The van der Waals surface area contributed by atoms with Gasteiger partial charge in [0.05, 0.1) is 13.7 Å². The van der Waals surface area contributed by atoms with Crippen molar-refractivity contribution in [3.05, 3.63) is 29.8 Å². The summed E-state index contributed by atoms with van der Waals surface area (Å²) in [6, 6.07) is 7.92. The van der Waals surface area contributed by atoms with Gasteiger partial charge in [-0.25, -0.2) is 5.53 Å². The van der Waals surface area contributed by atoms with Gasteiger partial charge in [-0.05, 0) is 17.7 Å². The standard InChI is InChI=1S/C9H12N4O/c1-14-9-4-2-8(3-5-9)6-13-7-10-11-12-13/h2-5,7,11-12H,6H2,1H3. The topological polar surface area (TPSA) is 48.9 Å². The summed E-state index contributed by atoms with van der Waals surface area (Å²) in [6.45, 7) is 0.764. The lowest BCUT2D eigenvalue weighted by Gasteiger charge is -2.13. The molecule has 1 aliphatic heterocycles. The zero-order valence-corrected chi connectivity index (χ0v) is 7.90. The minimum Gasteiger partial charge on any atom is -0.497 e. The number of benzene rings is 1. The summed E-state index contributed by atoms with van der Waals surface area (Å²) >= 11 is 0. The Morgan fingerprint density at radius 3 is 2.71 bits per heavy atom. The number of hydrogen-bond donors (Lipinski definition) is 2. The van der Waals surface area contributed by atoms with Crippen LogP contribution in [0.5, 0.6) is 5.75 Å². The molecule has 0 unspecified atom stereocenters. The van der Waals surface area contributed by atoms with Crippen molar-refractivity contribution in [2.45, 2.75) is 6.54 Å². The third-order valence-electron chi connectivity index (χ3n) is 1.97. The van der Waals surface area contributed by atoms with Crippen LogP contribution in [-0.4, -0.2) is 18.5 Å². The predicted molar refractivity (Wildman–Crippen MR) is 53.3 cm³/mol. The van der Waals surface area contributed by atoms with E-state index in [2.05, 4.69) is 16.2 Å². The van der Waals surface area contributed by atoms with E-state index in [-0.39, 0.29) is 0 Å². The molecule has 14 heavy (non-hydrogen) atoms. The number of hydrogen-bond acceptors (Lipinski definition) is 5. The Kier molecular flexibility index (Phi) is 2.51. The van der Waals surface area contributed by atoms with Crippen LogP contribution in [-0.2, 0) is 6.54 Å². The second-order valence-corrected chi connectivity index (χ2v) is 2.94. The van der Waals surface area contributed by atoms with Crippen LogP contribution in [0.15, 0.2) is 29.4 Å². The molecule has 1 aromatic carbocycles. The maximum absolute atomic E-state index is 5.07. The Balaban J connectivity index is 1.99. The van der Waals surface area contributed by atoms with E-state index in [4.69, 9.17) is 4.74 Å². The van der Waals surface area contributed by atoms with Gasteiger partial charge in [0.2, 0.25) is 0 Å². The van der Waals surface area contributed by atoms with Gasteiger partial charge in [-0.2, -0.15) is 5.10 Å². The molecule has 0 bridgehead atoms. The van der Waals surface area contributed by atoms with E-state index in [1.807, 2.05) is 29.3 Å². The largest absolute Gasteiger partial charge is 0.497 e. The number of nitrogens with one attached hydrogen (secondary N) is 2. The van der Waals surface area contributed by atoms with Crippen molar-refractivity contribution in [2.24, 2.45) is 5.10 Å². The van der Waals surface area contributed by atoms with Gasteiger partial charge in [0.25, 0.3) is 0 Å². The number of hydrazine groups is 2. The first kappa shape index (κ1) is 8.83. The molecule has 0 saturated heterocycles. The average Bonchev–Trinajstić information content (AvgIpc) is 2.72. The van der Waals surface area contributed by atoms with Crippen molar-refractivity contribution in [1.82, 2.24) is 16.1 Å². The molecular weight excluding hydrogens is 180 g/mol. The fraction of sp³-hybridized carbons (Fsp3) is 0.222. The normalized spacial score (nSPS) is 14.2. The van der Waals surface area contributed by atoms with Crippen LogP contribution in [0, 0.1) is 0 Å². The molecular formula is C9H12N4O. The highest BCUT2D eigenvalue weighted by molar-refractivity contribution is 5.55. The third kappa shape index (κ3) is 1.94. The predicted octanol–water partition coefficient (Wildman–Crippen LogP) is 0.463. The van der Waals surface area contributed by atoms with Crippen molar-refractivity contribution in [3.63, 3.8) is 0 Å². The Hall–Kier alpha value is -1.75. The van der Waals surface area contributed by atoms with Crippen LogP contribution in [0.25, 0.3) is 0 Å². The van der Waals surface area contributed by atoms with Crippen molar-refractivity contribution in [2.75, 3.05) is 7.11 Å². The van der Waals surface area contributed by atoms with Gasteiger partial charge in [-0.15, -0.1) is 5.53 Å². The summed E-state index contributed by atoms with van der Waals surface area (Å²) in [5.74, 6) is 0.870. The minimum atomic E-state index is 0.764. The molecule has 1 heterocycles. The minimum absolute atomic E-state index is 0.764. The molecule has 1 aromatic rings. The highest BCUT2D eigenvalue weighted by atomic mass is 16.5. The highest BCUT2D eigenvalue weighted by Gasteiger charge is 2.04. The molecule has 0 saturated carbocycles. The van der Waals surface area contributed by atoms with Gasteiger partial charge in [-0.3, -0.25) is 5.01 Å². The molecule has 0 fully saturated rings. The van der Waals surface area contributed by atoms with Crippen LogP contribution in [0.4, 0.5) is 0 Å². The molecule has 0 aliphatic carbocycles. The van der Waals surface area contributed by atoms with Gasteiger partial charge in [-0.1, -0.05) is 12.1 Å². The quantitative estimate of drug-likeness (QED) is 0.730. The average molecular weight is 192 g/mol. The molecule has 2 rings (SSSR count). The fourth-order valence-electron chi connectivity index (χ4n) is 1.23. The highest BCUT2D eigenvalue weighted by Crippen LogP contribution is 2.12. The molecule has 1 aliphatic rings. The van der Waals surface area contributed by atoms with Gasteiger partial charge in [0.1, 0.15) is 12.1 Å². The van der Waals surface area contributed by atoms with E-state index in [1.54, 1.807) is 13.4 Å². The zero-order valence-electron chi connectivity index (χ0n) is 7.90. The number of hydrazone groups is 1. The number of methoxy groups -OCH3 is 1. The molecule has 74 valence electrons. The van der Waals surface area contributed by atoms with Crippen LogP contribution < -0.4 is 15.8 Å². The van der Waals surface area contributed by atoms with E-state index >= 15 is 0 Å². The molecule has 5 nitrogen and oxygen atoms in total. The summed E-state index contributed by atoms with van der Waals surface area (Å²) in [6.07, 6.45) is 1.70. The number of rotatable bonds is 3. The summed E-state index contributed by atoms with van der Waals surface area (Å²) < 4.78 is 5.07. The second kappa shape index (κ2) is 3.97. The van der Waals surface area contributed by atoms with Crippen LogP contribution in [0.1, 0.15) is 5.56 Å². The molecule has 0 aromatic heterocycles. The van der Waals surface area contributed by atoms with E-state index in [0.29, 0.717) is 0 Å². The van der Waals surface area contributed by atoms with Gasteiger partial charge >= 0.3 is 0 Å². The van der Waals surface area contributed by atoms with Crippen molar-refractivity contribution in [1.29, 1.82) is 0 Å². The molecule has 0 atom stereocenters. The smallest absolute Gasteiger partial charge is 0.128 e. The molecule has 0 amide bonds. The molecule has 2 N–H and O–H groups in total. The van der Waals surface area contributed by atoms with E-state index in [0.717, 1.165) is 12.3 Å². The lowest BCUT2D eigenvalue weighted by Crippen LogP contribution is -2.36. The summed E-state index contributed by atoms with van der Waals surface area (Å²) in [5, 5.41) is 5.66. The van der Waals surface area contributed by atoms with Gasteiger partial charge < -0.3 is 4.74 Å². The number of nitrogens with zero attached hydrogens (tertiary/aromatic N) is 2. The van der Waals surface area contributed by atoms with Gasteiger partial charge in [0.15, 0.2) is 0 Å². The zero-order chi connectivity index (χ0) is 9.80. The lowest BCUT2D eigenvalue weighted by atomic mass is 10.2. The maximum atomic E-state index is 5.07. The third-order valence-corrected chi connectivity index (χ3v) is 1.97. The summed E-state index contributed by atoms with van der Waals surface area (Å²) in [7, 11) is 1.66. The van der Waals surface area contributed by atoms with Crippen molar-refractivity contribution < 1.29 is 4.74 Å². The van der Waals surface area contributed by atoms with Crippen LogP contribution >= 0.6 is 0 Å². The molecule has 5 heteroatoms. The molecule has 0 radical (unpaired) electrons. The van der Waals surface area contributed by atoms with Gasteiger partial charge in [0, 0.05) is 0 Å². The van der Waals surface area contributed by atoms with Crippen molar-refractivity contribution >= 4 is 6.34 Å².